The van der Waals surface area contributed by atoms with E-state index >= 15 is 0 Å². The lowest BCUT2D eigenvalue weighted by Crippen LogP contribution is -1.94. The highest BCUT2D eigenvalue weighted by molar-refractivity contribution is 6.31. The van der Waals surface area contributed by atoms with Gasteiger partial charge in [-0.1, -0.05) is 17.7 Å². The Bertz CT molecular complexity index is 494. The largest absolute Gasteiger partial charge is 0.384 e. The Morgan fingerprint density at radius 2 is 1.94 bits per heavy atom. The summed E-state index contributed by atoms with van der Waals surface area (Å²) in [5.74, 6) is 0.507. The summed E-state index contributed by atoms with van der Waals surface area (Å²) in [5, 5.41) is 3.94. The van der Waals surface area contributed by atoms with Gasteiger partial charge in [-0.25, -0.2) is 4.98 Å². The lowest BCUT2D eigenvalue weighted by molar-refractivity contribution is 1.33. The fourth-order valence-electron chi connectivity index (χ4n) is 1.32. The number of rotatable bonds is 2. The minimum atomic E-state index is 0.507. The highest BCUT2D eigenvalue weighted by Gasteiger charge is 1.98. The standard InChI is InChI=1S/C12H12ClN3/c1-8-2-3-9(6-11(8)13)16-10-4-5-12(14)15-7-10/h2-7,16H,1H3,(H2,14,15). The predicted molar refractivity (Wildman–Crippen MR) is 68.1 cm³/mol. The molecular weight excluding hydrogens is 222 g/mol. The van der Waals surface area contributed by atoms with Crippen molar-refractivity contribution in [2.45, 2.75) is 6.92 Å². The number of nitrogens with two attached hydrogens (primary N) is 1. The Balaban J connectivity index is 2.20. The molecule has 0 amide bonds. The molecule has 82 valence electrons. The smallest absolute Gasteiger partial charge is 0.123 e. The van der Waals surface area contributed by atoms with Crippen LogP contribution in [0.2, 0.25) is 5.02 Å². The van der Waals surface area contributed by atoms with Crippen LogP contribution in [0.15, 0.2) is 36.5 Å². The fourth-order valence-corrected chi connectivity index (χ4v) is 1.50. The van der Waals surface area contributed by atoms with Gasteiger partial charge in [0, 0.05) is 10.7 Å². The van der Waals surface area contributed by atoms with Crippen molar-refractivity contribution in [3.8, 4) is 0 Å². The molecule has 16 heavy (non-hydrogen) atoms. The summed E-state index contributed by atoms with van der Waals surface area (Å²) < 4.78 is 0. The number of aromatic nitrogens is 1. The summed E-state index contributed by atoms with van der Waals surface area (Å²) in [7, 11) is 0. The summed E-state index contributed by atoms with van der Waals surface area (Å²) in [6, 6.07) is 9.44. The van der Waals surface area contributed by atoms with Crippen molar-refractivity contribution in [2.75, 3.05) is 11.1 Å². The molecule has 0 radical (unpaired) electrons. The first-order valence-electron chi connectivity index (χ1n) is 4.90. The molecule has 3 nitrogen and oxygen atoms in total. The number of anilines is 3. The molecule has 0 aliphatic carbocycles. The lowest BCUT2D eigenvalue weighted by atomic mass is 10.2. The topological polar surface area (TPSA) is 50.9 Å². The molecular formula is C12H12ClN3. The maximum atomic E-state index is 6.03. The van der Waals surface area contributed by atoms with E-state index in [0.29, 0.717) is 5.82 Å². The minimum absolute atomic E-state index is 0.507. The Labute approximate surface area is 99.3 Å². The average Bonchev–Trinajstić information content (AvgIpc) is 2.27. The van der Waals surface area contributed by atoms with Crippen LogP contribution >= 0.6 is 11.6 Å². The lowest BCUT2D eigenvalue weighted by Gasteiger charge is -2.07. The SMILES string of the molecule is Cc1ccc(Nc2ccc(N)nc2)cc1Cl. The molecule has 1 heterocycles. The zero-order valence-corrected chi connectivity index (χ0v) is 9.62. The molecule has 0 spiro atoms. The van der Waals surface area contributed by atoms with E-state index in [1.165, 1.54) is 0 Å². The molecule has 0 fully saturated rings. The summed E-state index contributed by atoms with van der Waals surface area (Å²) in [4.78, 5) is 4.00. The van der Waals surface area contributed by atoms with E-state index in [4.69, 9.17) is 17.3 Å². The van der Waals surface area contributed by atoms with Crippen LogP contribution in [0.25, 0.3) is 0 Å². The number of benzene rings is 1. The van der Waals surface area contributed by atoms with Crippen molar-refractivity contribution >= 4 is 28.8 Å². The first-order valence-corrected chi connectivity index (χ1v) is 5.27. The second-order valence-corrected chi connectivity index (χ2v) is 3.97. The molecule has 1 aromatic carbocycles. The van der Waals surface area contributed by atoms with Gasteiger partial charge in [0.15, 0.2) is 0 Å². The Morgan fingerprint density at radius 3 is 2.56 bits per heavy atom. The van der Waals surface area contributed by atoms with Crippen molar-refractivity contribution in [3.63, 3.8) is 0 Å². The van der Waals surface area contributed by atoms with Gasteiger partial charge in [-0.05, 0) is 36.8 Å². The van der Waals surface area contributed by atoms with Gasteiger partial charge < -0.3 is 11.1 Å². The molecule has 0 aliphatic rings. The normalized spacial score (nSPS) is 10.1. The molecule has 1 aromatic heterocycles. The fraction of sp³-hybridized carbons (Fsp3) is 0.0833. The summed E-state index contributed by atoms with van der Waals surface area (Å²) >= 11 is 6.03. The molecule has 2 rings (SSSR count). The number of aryl methyl sites for hydroxylation is 1. The second kappa shape index (κ2) is 4.41. The highest BCUT2D eigenvalue weighted by atomic mass is 35.5. The minimum Gasteiger partial charge on any atom is -0.384 e. The van der Waals surface area contributed by atoms with Crippen LogP contribution in [0, 0.1) is 6.92 Å². The predicted octanol–water partition coefficient (Wildman–Crippen LogP) is 3.37. The monoisotopic (exact) mass is 233 g/mol. The third-order valence-electron chi connectivity index (χ3n) is 2.25. The zero-order chi connectivity index (χ0) is 11.5. The van der Waals surface area contributed by atoms with E-state index in [1.54, 1.807) is 12.3 Å². The number of nitrogens with one attached hydrogen (secondary N) is 1. The maximum Gasteiger partial charge on any atom is 0.123 e. The van der Waals surface area contributed by atoms with Crippen molar-refractivity contribution < 1.29 is 0 Å². The van der Waals surface area contributed by atoms with Gasteiger partial charge in [-0.3, -0.25) is 0 Å². The Kier molecular flexibility index (Phi) is 2.97. The summed E-state index contributed by atoms with van der Waals surface area (Å²) in [6.45, 7) is 1.97. The third kappa shape index (κ3) is 2.44. The number of pyridine rings is 1. The molecule has 0 atom stereocenters. The van der Waals surface area contributed by atoms with Crippen LogP contribution in [-0.2, 0) is 0 Å². The van der Waals surface area contributed by atoms with Crippen LogP contribution in [-0.4, -0.2) is 4.98 Å². The van der Waals surface area contributed by atoms with Crippen LogP contribution in [0.5, 0.6) is 0 Å². The summed E-state index contributed by atoms with van der Waals surface area (Å²) in [5.41, 5.74) is 8.38. The third-order valence-corrected chi connectivity index (χ3v) is 2.65. The van der Waals surface area contributed by atoms with E-state index in [1.807, 2.05) is 31.2 Å². The molecule has 0 saturated heterocycles. The van der Waals surface area contributed by atoms with Gasteiger partial charge in [0.25, 0.3) is 0 Å². The maximum absolute atomic E-state index is 6.03. The summed E-state index contributed by atoms with van der Waals surface area (Å²) in [6.07, 6.45) is 1.68. The van der Waals surface area contributed by atoms with E-state index < -0.39 is 0 Å². The molecule has 0 saturated carbocycles. The molecule has 2 aromatic rings. The van der Waals surface area contributed by atoms with Crippen molar-refractivity contribution in [2.24, 2.45) is 0 Å². The first-order chi connectivity index (χ1) is 7.65. The Hall–Kier alpha value is -1.74. The van der Waals surface area contributed by atoms with Crippen molar-refractivity contribution in [1.29, 1.82) is 0 Å². The Morgan fingerprint density at radius 1 is 1.19 bits per heavy atom. The van der Waals surface area contributed by atoms with Crippen LogP contribution in [0.1, 0.15) is 5.56 Å². The molecule has 0 aliphatic heterocycles. The zero-order valence-electron chi connectivity index (χ0n) is 8.87. The molecule has 4 heteroatoms. The number of hydrogen-bond donors (Lipinski definition) is 2. The van der Waals surface area contributed by atoms with Gasteiger partial charge in [0.2, 0.25) is 0 Å². The quantitative estimate of drug-likeness (QED) is 0.836. The molecule has 3 N–H and O–H groups in total. The molecule has 0 unspecified atom stereocenters. The number of nitrogens with zero attached hydrogens (tertiary/aromatic N) is 1. The highest BCUT2D eigenvalue weighted by Crippen LogP contribution is 2.22. The average molecular weight is 234 g/mol. The molecule has 0 bridgehead atoms. The number of halogens is 1. The first kappa shape index (κ1) is 10.8. The van der Waals surface area contributed by atoms with Gasteiger partial charge in [0.1, 0.15) is 5.82 Å². The van der Waals surface area contributed by atoms with Gasteiger partial charge in [-0.2, -0.15) is 0 Å². The second-order valence-electron chi connectivity index (χ2n) is 3.56. The van der Waals surface area contributed by atoms with Crippen LogP contribution < -0.4 is 11.1 Å². The van der Waals surface area contributed by atoms with Crippen LogP contribution in [0.3, 0.4) is 0 Å². The van der Waals surface area contributed by atoms with E-state index in [0.717, 1.165) is 22.0 Å². The van der Waals surface area contributed by atoms with Gasteiger partial charge >= 0.3 is 0 Å². The number of nitrogen functional groups attached to an aromatic ring is 1. The van der Waals surface area contributed by atoms with Gasteiger partial charge in [0.05, 0.1) is 11.9 Å². The van der Waals surface area contributed by atoms with Crippen molar-refractivity contribution in [3.05, 3.63) is 47.1 Å². The van der Waals surface area contributed by atoms with Crippen molar-refractivity contribution in [1.82, 2.24) is 4.98 Å². The van der Waals surface area contributed by atoms with E-state index in [-0.39, 0.29) is 0 Å². The van der Waals surface area contributed by atoms with Gasteiger partial charge in [-0.15, -0.1) is 0 Å². The van der Waals surface area contributed by atoms with E-state index in [9.17, 15) is 0 Å². The van der Waals surface area contributed by atoms with E-state index in [2.05, 4.69) is 10.3 Å². The number of hydrogen-bond acceptors (Lipinski definition) is 3. The van der Waals surface area contributed by atoms with Crippen LogP contribution in [0.4, 0.5) is 17.2 Å².